The van der Waals surface area contributed by atoms with Gasteiger partial charge in [-0.3, -0.25) is 0 Å². The van der Waals surface area contributed by atoms with Crippen molar-refractivity contribution in [2.24, 2.45) is 5.73 Å². The SMILES string of the molecule is NCCOC1CCN(S(=O)(=O)Cc2ccccc2)CC1. The van der Waals surface area contributed by atoms with Gasteiger partial charge in [0.1, 0.15) is 0 Å². The first-order chi connectivity index (χ1) is 9.62. The third kappa shape index (κ3) is 4.28. The molecule has 1 aliphatic rings. The monoisotopic (exact) mass is 298 g/mol. The van der Waals surface area contributed by atoms with Gasteiger partial charge in [0.05, 0.1) is 18.5 Å². The van der Waals surface area contributed by atoms with E-state index in [9.17, 15) is 8.42 Å². The minimum atomic E-state index is -3.23. The van der Waals surface area contributed by atoms with Crippen LogP contribution in [0.5, 0.6) is 0 Å². The van der Waals surface area contributed by atoms with E-state index < -0.39 is 10.0 Å². The fourth-order valence-corrected chi connectivity index (χ4v) is 3.95. The first-order valence-corrected chi connectivity index (χ1v) is 8.56. The largest absolute Gasteiger partial charge is 0.377 e. The lowest BCUT2D eigenvalue weighted by Gasteiger charge is -2.31. The summed E-state index contributed by atoms with van der Waals surface area (Å²) in [5.74, 6) is 0.0716. The predicted molar refractivity (Wildman–Crippen MR) is 78.7 cm³/mol. The molecule has 0 aromatic heterocycles. The molecule has 0 radical (unpaired) electrons. The number of nitrogens with two attached hydrogens (primary N) is 1. The van der Waals surface area contributed by atoms with Crippen LogP contribution in [0.15, 0.2) is 30.3 Å². The maximum absolute atomic E-state index is 12.3. The standard InChI is InChI=1S/C14H22N2O3S/c15-8-11-19-14-6-9-16(10-7-14)20(17,18)12-13-4-2-1-3-5-13/h1-5,14H,6-12,15H2. The lowest BCUT2D eigenvalue weighted by atomic mass is 10.1. The van der Waals surface area contributed by atoms with Crippen LogP contribution in [0.1, 0.15) is 18.4 Å². The number of sulfonamides is 1. The number of rotatable bonds is 6. The van der Waals surface area contributed by atoms with Crippen molar-refractivity contribution >= 4 is 10.0 Å². The molecule has 1 heterocycles. The Morgan fingerprint density at radius 2 is 1.85 bits per heavy atom. The molecule has 1 aromatic carbocycles. The van der Waals surface area contributed by atoms with E-state index in [2.05, 4.69) is 0 Å². The van der Waals surface area contributed by atoms with E-state index in [0.717, 1.165) is 18.4 Å². The fourth-order valence-electron chi connectivity index (χ4n) is 2.39. The van der Waals surface area contributed by atoms with Gasteiger partial charge in [0, 0.05) is 19.6 Å². The van der Waals surface area contributed by atoms with Gasteiger partial charge in [0.2, 0.25) is 10.0 Å². The molecule has 0 bridgehead atoms. The number of ether oxygens (including phenoxy) is 1. The molecule has 0 spiro atoms. The molecule has 0 atom stereocenters. The molecule has 1 saturated heterocycles. The highest BCUT2D eigenvalue weighted by atomic mass is 32.2. The average Bonchev–Trinajstić information content (AvgIpc) is 2.46. The van der Waals surface area contributed by atoms with Crippen LogP contribution >= 0.6 is 0 Å². The molecular formula is C14H22N2O3S. The van der Waals surface area contributed by atoms with Gasteiger partial charge < -0.3 is 10.5 Å². The Labute approximate surface area is 120 Å². The first kappa shape index (κ1) is 15.4. The Morgan fingerprint density at radius 1 is 1.20 bits per heavy atom. The molecule has 5 nitrogen and oxygen atoms in total. The molecular weight excluding hydrogens is 276 g/mol. The van der Waals surface area contributed by atoms with Gasteiger partial charge in [-0.25, -0.2) is 12.7 Å². The highest BCUT2D eigenvalue weighted by molar-refractivity contribution is 7.88. The molecule has 1 aromatic rings. The quantitative estimate of drug-likeness (QED) is 0.849. The molecule has 1 aliphatic heterocycles. The van der Waals surface area contributed by atoms with E-state index in [1.807, 2.05) is 30.3 Å². The molecule has 112 valence electrons. The van der Waals surface area contributed by atoms with Crippen LogP contribution < -0.4 is 5.73 Å². The van der Waals surface area contributed by atoms with Gasteiger partial charge >= 0.3 is 0 Å². The van der Waals surface area contributed by atoms with Crippen molar-refractivity contribution in [1.82, 2.24) is 4.31 Å². The Balaban J connectivity index is 1.89. The summed E-state index contributed by atoms with van der Waals surface area (Å²) in [6.45, 7) is 2.11. The summed E-state index contributed by atoms with van der Waals surface area (Å²) in [7, 11) is -3.23. The maximum Gasteiger partial charge on any atom is 0.218 e. The van der Waals surface area contributed by atoms with Gasteiger partial charge in [0.25, 0.3) is 0 Å². The number of benzene rings is 1. The van der Waals surface area contributed by atoms with Crippen molar-refractivity contribution in [3.05, 3.63) is 35.9 Å². The van der Waals surface area contributed by atoms with Crippen LogP contribution in [0.2, 0.25) is 0 Å². The first-order valence-electron chi connectivity index (χ1n) is 6.95. The second-order valence-electron chi connectivity index (χ2n) is 5.00. The Bertz CT molecular complexity index is 496. The topological polar surface area (TPSA) is 72.6 Å². The van der Waals surface area contributed by atoms with Crippen LogP contribution in [-0.2, 0) is 20.5 Å². The van der Waals surface area contributed by atoms with Gasteiger partial charge in [0.15, 0.2) is 0 Å². The summed E-state index contributed by atoms with van der Waals surface area (Å²) in [4.78, 5) is 0. The summed E-state index contributed by atoms with van der Waals surface area (Å²) < 4.78 is 31.8. The van der Waals surface area contributed by atoms with E-state index in [0.29, 0.717) is 26.2 Å². The van der Waals surface area contributed by atoms with Gasteiger partial charge in [-0.05, 0) is 18.4 Å². The third-order valence-electron chi connectivity index (χ3n) is 3.46. The number of hydrogen-bond donors (Lipinski definition) is 1. The maximum atomic E-state index is 12.3. The molecule has 6 heteroatoms. The molecule has 0 saturated carbocycles. The van der Waals surface area contributed by atoms with Crippen molar-refractivity contribution in [2.75, 3.05) is 26.2 Å². The Hall–Kier alpha value is -0.950. The molecule has 20 heavy (non-hydrogen) atoms. The summed E-state index contributed by atoms with van der Waals surface area (Å²) in [5.41, 5.74) is 6.22. The van der Waals surface area contributed by atoms with Crippen molar-refractivity contribution < 1.29 is 13.2 Å². The molecule has 0 aliphatic carbocycles. The zero-order valence-corrected chi connectivity index (χ0v) is 12.4. The summed E-state index contributed by atoms with van der Waals surface area (Å²) in [6.07, 6.45) is 1.63. The Kier molecular flexibility index (Phi) is 5.54. The molecule has 0 amide bonds. The molecule has 2 N–H and O–H groups in total. The number of piperidine rings is 1. The second kappa shape index (κ2) is 7.17. The van der Waals surface area contributed by atoms with Crippen LogP contribution in [0.3, 0.4) is 0 Å². The Morgan fingerprint density at radius 3 is 2.45 bits per heavy atom. The van der Waals surface area contributed by atoms with Gasteiger partial charge in [-0.15, -0.1) is 0 Å². The lowest BCUT2D eigenvalue weighted by Crippen LogP contribution is -2.41. The van der Waals surface area contributed by atoms with E-state index in [1.165, 1.54) is 0 Å². The van der Waals surface area contributed by atoms with Gasteiger partial charge in [-0.1, -0.05) is 30.3 Å². The smallest absolute Gasteiger partial charge is 0.218 e. The summed E-state index contributed by atoms with van der Waals surface area (Å²) >= 11 is 0. The summed E-state index contributed by atoms with van der Waals surface area (Å²) in [5, 5.41) is 0. The van der Waals surface area contributed by atoms with Crippen LogP contribution in [0, 0.1) is 0 Å². The van der Waals surface area contributed by atoms with Gasteiger partial charge in [-0.2, -0.15) is 0 Å². The van der Waals surface area contributed by atoms with Crippen molar-refractivity contribution in [2.45, 2.75) is 24.7 Å². The van der Waals surface area contributed by atoms with E-state index >= 15 is 0 Å². The van der Waals surface area contributed by atoms with E-state index in [4.69, 9.17) is 10.5 Å². The van der Waals surface area contributed by atoms with E-state index in [1.54, 1.807) is 4.31 Å². The molecule has 1 fully saturated rings. The lowest BCUT2D eigenvalue weighted by molar-refractivity contribution is 0.0257. The highest BCUT2D eigenvalue weighted by Crippen LogP contribution is 2.19. The fraction of sp³-hybridized carbons (Fsp3) is 0.571. The van der Waals surface area contributed by atoms with Crippen LogP contribution in [0.4, 0.5) is 0 Å². The second-order valence-corrected chi connectivity index (χ2v) is 6.97. The zero-order valence-electron chi connectivity index (χ0n) is 11.6. The van der Waals surface area contributed by atoms with Crippen LogP contribution in [-0.4, -0.2) is 45.1 Å². The zero-order chi connectivity index (χ0) is 14.4. The minimum absolute atomic E-state index is 0.0716. The van der Waals surface area contributed by atoms with Crippen molar-refractivity contribution in [3.8, 4) is 0 Å². The average molecular weight is 298 g/mol. The molecule has 2 rings (SSSR count). The van der Waals surface area contributed by atoms with Crippen LogP contribution in [0.25, 0.3) is 0 Å². The summed E-state index contributed by atoms with van der Waals surface area (Å²) in [6, 6.07) is 9.29. The predicted octanol–water partition coefficient (Wildman–Crippen LogP) is 0.956. The van der Waals surface area contributed by atoms with E-state index in [-0.39, 0.29) is 11.9 Å². The number of nitrogens with zero attached hydrogens (tertiary/aromatic N) is 1. The molecule has 0 unspecified atom stereocenters. The number of hydrogen-bond acceptors (Lipinski definition) is 4. The highest BCUT2D eigenvalue weighted by Gasteiger charge is 2.28. The van der Waals surface area contributed by atoms with Crippen molar-refractivity contribution in [3.63, 3.8) is 0 Å². The normalized spacial score (nSPS) is 18.2. The third-order valence-corrected chi connectivity index (χ3v) is 5.31. The van der Waals surface area contributed by atoms with Crippen molar-refractivity contribution in [1.29, 1.82) is 0 Å². The minimum Gasteiger partial charge on any atom is -0.377 e.